The first-order chi connectivity index (χ1) is 13.2. The summed E-state index contributed by atoms with van der Waals surface area (Å²) >= 11 is 0. The van der Waals surface area contributed by atoms with Crippen LogP contribution in [0.25, 0.3) is 0 Å². The summed E-state index contributed by atoms with van der Waals surface area (Å²) in [4.78, 5) is 49.6. The molecule has 0 unspecified atom stereocenters. The molecule has 0 saturated carbocycles. The third-order valence-corrected chi connectivity index (χ3v) is 4.68. The Morgan fingerprint density at radius 3 is 2.50 bits per heavy atom. The van der Waals surface area contributed by atoms with E-state index in [0.29, 0.717) is 5.56 Å². The molecule has 0 bridgehead atoms. The normalized spacial score (nSPS) is 19.9. The van der Waals surface area contributed by atoms with Crippen molar-refractivity contribution in [1.29, 1.82) is 0 Å². The molecule has 2 N–H and O–H groups in total. The van der Waals surface area contributed by atoms with E-state index in [-0.39, 0.29) is 6.04 Å². The molecule has 4 amide bonds. The molecule has 2 atom stereocenters. The number of hydrogen-bond acceptors (Lipinski definition) is 5. The van der Waals surface area contributed by atoms with E-state index >= 15 is 0 Å². The van der Waals surface area contributed by atoms with Crippen molar-refractivity contribution < 1.29 is 23.9 Å². The first kappa shape index (κ1) is 21.4. The van der Waals surface area contributed by atoms with Crippen LogP contribution in [-0.4, -0.2) is 47.9 Å². The standard InChI is InChI=1S/C20H27N3O5/c1-5-6-14(3)21-16(24)12-28-17(25)11-23-18(26)20(4,22-19(23)27)15-9-7-13(2)8-10-15/h7-10,14H,5-6,11-12H2,1-4H3,(H,21,24)(H,22,27)/t14-,20-/m1/s1. The van der Waals surface area contributed by atoms with E-state index in [1.54, 1.807) is 19.1 Å². The number of nitrogens with zero attached hydrogens (tertiary/aromatic N) is 1. The summed E-state index contributed by atoms with van der Waals surface area (Å²) in [5, 5.41) is 5.34. The van der Waals surface area contributed by atoms with Crippen LogP contribution in [0, 0.1) is 6.92 Å². The summed E-state index contributed by atoms with van der Waals surface area (Å²) in [6, 6.07) is 6.52. The van der Waals surface area contributed by atoms with E-state index in [4.69, 9.17) is 4.74 Å². The second-order valence-corrected chi connectivity index (χ2v) is 7.23. The van der Waals surface area contributed by atoms with Gasteiger partial charge in [-0.3, -0.25) is 19.3 Å². The molecule has 8 nitrogen and oxygen atoms in total. The Bertz CT molecular complexity index is 762. The van der Waals surface area contributed by atoms with Crippen LogP contribution in [0.5, 0.6) is 0 Å². The van der Waals surface area contributed by atoms with Crippen LogP contribution in [-0.2, 0) is 24.7 Å². The Hall–Kier alpha value is -2.90. The molecule has 1 fully saturated rings. The Morgan fingerprint density at radius 1 is 1.25 bits per heavy atom. The van der Waals surface area contributed by atoms with E-state index in [1.807, 2.05) is 32.9 Å². The average Bonchev–Trinajstić information content (AvgIpc) is 2.84. The Balaban J connectivity index is 1.94. The number of imide groups is 1. The fraction of sp³-hybridized carbons (Fsp3) is 0.500. The van der Waals surface area contributed by atoms with Crippen LogP contribution in [0.4, 0.5) is 4.79 Å². The van der Waals surface area contributed by atoms with Crippen LogP contribution in [0.2, 0.25) is 0 Å². The van der Waals surface area contributed by atoms with E-state index in [0.717, 1.165) is 23.3 Å². The first-order valence-electron chi connectivity index (χ1n) is 9.33. The summed E-state index contributed by atoms with van der Waals surface area (Å²) in [7, 11) is 0. The van der Waals surface area contributed by atoms with Crippen molar-refractivity contribution in [3.8, 4) is 0 Å². The number of amides is 4. The zero-order chi connectivity index (χ0) is 20.9. The van der Waals surface area contributed by atoms with Crippen molar-refractivity contribution >= 4 is 23.8 Å². The summed E-state index contributed by atoms with van der Waals surface area (Å²) in [5.74, 6) is -1.79. The fourth-order valence-electron chi connectivity index (χ4n) is 3.07. The number of rotatable bonds is 8. The summed E-state index contributed by atoms with van der Waals surface area (Å²) in [6.07, 6.45) is 1.74. The van der Waals surface area contributed by atoms with Crippen molar-refractivity contribution in [2.75, 3.05) is 13.2 Å². The average molecular weight is 389 g/mol. The molecule has 0 aromatic heterocycles. The lowest BCUT2D eigenvalue weighted by molar-refractivity contribution is -0.151. The van der Waals surface area contributed by atoms with Gasteiger partial charge in [-0.2, -0.15) is 0 Å². The van der Waals surface area contributed by atoms with Crippen molar-refractivity contribution in [3.63, 3.8) is 0 Å². The van der Waals surface area contributed by atoms with Crippen molar-refractivity contribution in [1.82, 2.24) is 15.5 Å². The van der Waals surface area contributed by atoms with E-state index in [2.05, 4.69) is 10.6 Å². The number of esters is 1. The largest absolute Gasteiger partial charge is 0.454 e. The number of carbonyl (C=O) groups excluding carboxylic acids is 4. The van der Waals surface area contributed by atoms with Crippen LogP contribution in [0.3, 0.4) is 0 Å². The van der Waals surface area contributed by atoms with Crippen molar-refractivity contribution in [2.24, 2.45) is 0 Å². The number of urea groups is 1. The van der Waals surface area contributed by atoms with Gasteiger partial charge in [-0.1, -0.05) is 43.2 Å². The fourth-order valence-corrected chi connectivity index (χ4v) is 3.07. The molecule has 8 heteroatoms. The lowest BCUT2D eigenvalue weighted by atomic mass is 9.91. The molecule has 0 aliphatic carbocycles. The van der Waals surface area contributed by atoms with Crippen LogP contribution >= 0.6 is 0 Å². The second kappa shape index (κ2) is 8.86. The van der Waals surface area contributed by atoms with E-state index in [1.165, 1.54) is 0 Å². The third kappa shape index (κ3) is 4.88. The maximum atomic E-state index is 12.8. The van der Waals surface area contributed by atoms with E-state index in [9.17, 15) is 19.2 Å². The van der Waals surface area contributed by atoms with Gasteiger partial charge in [0.25, 0.3) is 11.8 Å². The van der Waals surface area contributed by atoms with Gasteiger partial charge in [0.2, 0.25) is 0 Å². The Kier molecular flexibility index (Phi) is 6.77. The van der Waals surface area contributed by atoms with Crippen molar-refractivity contribution in [3.05, 3.63) is 35.4 Å². The monoisotopic (exact) mass is 389 g/mol. The van der Waals surface area contributed by atoms with Gasteiger partial charge in [0.15, 0.2) is 6.61 Å². The van der Waals surface area contributed by atoms with Gasteiger partial charge in [0.1, 0.15) is 12.1 Å². The Labute approximate surface area is 164 Å². The molecule has 0 radical (unpaired) electrons. The van der Waals surface area contributed by atoms with Crippen LogP contribution in [0.1, 0.15) is 44.7 Å². The summed E-state index contributed by atoms with van der Waals surface area (Å²) < 4.78 is 4.91. The molecule has 152 valence electrons. The maximum Gasteiger partial charge on any atom is 0.326 e. The zero-order valence-corrected chi connectivity index (χ0v) is 16.7. The molecule has 1 heterocycles. The lowest BCUT2D eigenvalue weighted by Crippen LogP contribution is -2.42. The minimum absolute atomic E-state index is 0.0163. The first-order valence-corrected chi connectivity index (χ1v) is 9.33. The SMILES string of the molecule is CCC[C@@H](C)NC(=O)COC(=O)CN1C(=O)N[C@](C)(c2ccc(C)cc2)C1=O. The highest BCUT2D eigenvalue weighted by Crippen LogP contribution is 2.28. The second-order valence-electron chi connectivity index (χ2n) is 7.23. The van der Waals surface area contributed by atoms with Crippen molar-refractivity contribution in [2.45, 2.75) is 52.1 Å². The van der Waals surface area contributed by atoms with Gasteiger partial charge in [0.05, 0.1) is 0 Å². The van der Waals surface area contributed by atoms with Crippen LogP contribution < -0.4 is 10.6 Å². The molecule has 1 aliphatic heterocycles. The minimum Gasteiger partial charge on any atom is -0.454 e. The molecule has 1 aromatic carbocycles. The van der Waals surface area contributed by atoms with Gasteiger partial charge < -0.3 is 15.4 Å². The van der Waals surface area contributed by atoms with Gasteiger partial charge in [-0.15, -0.1) is 0 Å². The minimum atomic E-state index is -1.25. The predicted molar refractivity (Wildman–Crippen MR) is 102 cm³/mol. The van der Waals surface area contributed by atoms with E-state index < -0.39 is 42.5 Å². The van der Waals surface area contributed by atoms with Gasteiger partial charge >= 0.3 is 12.0 Å². The number of ether oxygens (including phenoxy) is 1. The van der Waals surface area contributed by atoms with Gasteiger partial charge in [-0.05, 0) is 32.8 Å². The summed E-state index contributed by atoms with van der Waals surface area (Å²) in [6.45, 7) is 6.37. The predicted octanol–water partition coefficient (Wildman–Crippen LogP) is 1.61. The highest BCUT2D eigenvalue weighted by molar-refractivity contribution is 6.08. The zero-order valence-electron chi connectivity index (χ0n) is 16.7. The number of benzene rings is 1. The molecule has 1 aromatic rings. The Morgan fingerprint density at radius 2 is 1.89 bits per heavy atom. The highest BCUT2D eigenvalue weighted by atomic mass is 16.5. The lowest BCUT2D eigenvalue weighted by Gasteiger charge is -2.22. The maximum absolute atomic E-state index is 12.8. The third-order valence-electron chi connectivity index (χ3n) is 4.68. The summed E-state index contributed by atoms with van der Waals surface area (Å²) in [5.41, 5.74) is 0.394. The quantitative estimate of drug-likeness (QED) is 0.519. The van der Waals surface area contributed by atoms with Gasteiger partial charge in [0, 0.05) is 6.04 Å². The molecule has 0 spiro atoms. The molecule has 28 heavy (non-hydrogen) atoms. The molecule has 2 rings (SSSR count). The van der Waals surface area contributed by atoms with Gasteiger partial charge in [-0.25, -0.2) is 4.79 Å². The number of carbonyl (C=O) groups is 4. The topological polar surface area (TPSA) is 105 Å². The number of aryl methyl sites for hydroxylation is 1. The molecule has 1 aliphatic rings. The number of hydrogen-bond donors (Lipinski definition) is 2. The molecule has 1 saturated heterocycles. The smallest absolute Gasteiger partial charge is 0.326 e. The molecular weight excluding hydrogens is 362 g/mol. The molecular formula is C20H27N3O5. The van der Waals surface area contributed by atoms with Crippen LogP contribution in [0.15, 0.2) is 24.3 Å². The number of nitrogens with one attached hydrogen (secondary N) is 2. The highest BCUT2D eigenvalue weighted by Gasteiger charge is 2.49.